The molecule has 0 amide bonds. The number of para-hydroxylation sites is 1. The Morgan fingerprint density at radius 1 is 1.28 bits per heavy atom. The van der Waals surface area contributed by atoms with Crippen LogP contribution in [0.5, 0.6) is 0 Å². The van der Waals surface area contributed by atoms with E-state index in [-0.39, 0.29) is 0 Å². The summed E-state index contributed by atoms with van der Waals surface area (Å²) in [6.07, 6.45) is 0.588. The largest absolute Gasteiger partial charge is 0.477 e. The van der Waals surface area contributed by atoms with Crippen LogP contribution in [0.15, 0.2) is 35.7 Å². The van der Waals surface area contributed by atoms with E-state index in [1.165, 1.54) is 11.3 Å². The highest BCUT2D eigenvalue weighted by Crippen LogP contribution is 2.26. The number of nitrogens with zero attached hydrogens (tertiary/aromatic N) is 1. The Balaban J connectivity index is 1.96. The second kappa shape index (κ2) is 4.51. The number of aromatic carboxylic acids is 1. The highest BCUT2D eigenvalue weighted by molar-refractivity contribution is 7.18. The molecule has 0 aliphatic heterocycles. The molecule has 0 aliphatic rings. The summed E-state index contributed by atoms with van der Waals surface area (Å²) in [5.41, 5.74) is 1.82. The van der Waals surface area contributed by atoms with Crippen molar-refractivity contribution < 1.29 is 9.90 Å². The van der Waals surface area contributed by atoms with Crippen molar-refractivity contribution in [1.82, 2.24) is 4.98 Å². The number of carboxylic acid groups (broad SMARTS) is 1. The van der Waals surface area contributed by atoms with Crippen LogP contribution in [-0.2, 0) is 6.42 Å². The third kappa shape index (κ3) is 2.02. The number of fused-ring (bicyclic) bond motifs is 1. The van der Waals surface area contributed by atoms with Crippen LogP contribution >= 0.6 is 22.7 Å². The summed E-state index contributed by atoms with van der Waals surface area (Å²) in [6, 6.07) is 9.81. The first-order valence-corrected chi connectivity index (χ1v) is 7.08. The van der Waals surface area contributed by atoms with Crippen molar-refractivity contribution in [3.63, 3.8) is 0 Å². The van der Waals surface area contributed by atoms with Crippen LogP contribution in [0.25, 0.3) is 10.2 Å². The molecule has 18 heavy (non-hydrogen) atoms. The number of carbonyl (C=O) groups is 1. The van der Waals surface area contributed by atoms with Crippen LogP contribution in [0.3, 0.4) is 0 Å². The third-order valence-electron chi connectivity index (χ3n) is 2.62. The molecule has 0 radical (unpaired) electrons. The lowest BCUT2D eigenvalue weighted by Gasteiger charge is -1.95. The van der Waals surface area contributed by atoms with E-state index in [1.54, 1.807) is 11.3 Å². The van der Waals surface area contributed by atoms with Crippen LogP contribution < -0.4 is 0 Å². The summed E-state index contributed by atoms with van der Waals surface area (Å²) in [5, 5.41) is 11.8. The fourth-order valence-corrected chi connectivity index (χ4v) is 3.57. The molecule has 0 saturated heterocycles. The minimum atomic E-state index is -0.860. The maximum absolute atomic E-state index is 11.0. The minimum Gasteiger partial charge on any atom is -0.477 e. The first kappa shape index (κ1) is 11.4. The quantitative estimate of drug-likeness (QED) is 0.793. The van der Waals surface area contributed by atoms with Crippen molar-refractivity contribution in [2.24, 2.45) is 0 Å². The van der Waals surface area contributed by atoms with Crippen LogP contribution in [0.1, 0.15) is 20.2 Å². The number of benzene rings is 1. The molecule has 3 nitrogen and oxygen atoms in total. The van der Waals surface area contributed by atoms with Gasteiger partial charge >= 0.3 is 5.97 Å². The normalized spacial score (nSPS) is 10.9. The Kier molecular flexibility index (Phi) is 2.85. The molecule has 0 bridgehead atoms. The highest BCUT2D eigenvalue weighted by atomic mass is 32.1. The summed E-state index contributed by atoms with van der Waals surface area (Å²) in [4.78, 5) is 16.0. The van der Waals surface area contributed by atoms with Crippen molar-refractivity contribution in [1.29, 1.82) is 0 Å². The molecule has 0 atom stereocenters. The molecule has 3 aromatic rings. The summed E-state index contributed by atoms with van der Waals surface area (Å²) >= 11 is 2.88. The standard InChI is InChI=1S/C13H9NO2S2/c15-13(16)12-8(5-6-17-12)7-11-14-9-3-1-2-4-10(9)18-11/h1-6H,7H2,(H,15,16). The molecule has 5 heteroatoms. The number of thiophene rings is 1. The molecule has 90 valence electrons. The van der Waals surface area contributed by atoms with Gasteiger partial charge in [-0.3, -0.25) is 0 Å². The first-order chi connectivity index (χ1) is 8.74. The van der Waals surface area contributed by atoms with E-state index in [0.29, 0.717) is 11.3 Å². The van der Waals surface area contributed by atoms with E-state index in [1.807, 2.05) is 35.7 Å². The Morgan fingerprint density at radius 3 is 2.89 bits per heavy atom. The molecule has 1 aromatic carbocycles. The minimum absolute atomic E-state index is 0.411. The maximum atomic E-state index is 11.0. The molecule has 3 rings (SSSR count). The van der Waals surface area contributed by atoms with Crippen molar-refractivity contribution in [3.05, 3.63) is 51.2 Å². The Hall–Kier alpha value is -1.72. The zero-order valence-corrected chi connectivity index (χ0v) is 10.9. The average Bonchev–Trinajstić information content (AvgIpc) is 2.94. The number of carboxylic acids is 1. The van der Waals surface area contributed by atoms with Crippen molar-refractivity contribution >= 4 is 38.9 Å². The van der Waals surface area contributed by atoms with Gasteiger partial charge in [-0.05, 0) is 29.1 Å². The smallest absolute Gasteiger partial charge is 0.346 e. The predicted molar refractivity (Wildman–Crippen MR) is 73.7 cm³/mol. The van der Waals surface area contributed by atoms with Gasteiger partial charge in [-0.25, -0.2) is 9.78 Å². The van der Waals surface area contributed by atoms with Gasteiger partial charge < -0.3 is 5.11 Å². The molecule has 0 spiro atoms. The van der Waals surface area contributed by atoms with Crippen molar-refractivity contribution in [2.45, 2.75) is 6.42 Å². The lowest BCUT2D eigenvalue weighted by atomic mass is 10.2. The van der Waals surface area contributed by atoms with E-state index in [0.717, 1.165) is 20.8 Å². The van der Waals surface area contributed by atoms with Gasteiger partial charge in [0.2, 0.25) is 0 Å². The van der Waals surface area contributed by atoms with Crippen LogP contribution in [0, 0.1) is 0 Å². The molecular formula is C13H9NO2S2. The zero-order valence-electron chi connectivity index (χ0n) is 9.29. The summed E-state index contributed by atoms with van der Waals surface area (Å²) in [5.74, 6) is -0.860. The number of thiazole rings is 1. The second-order valence-electron chi connectivity index (χ2n) is 3.83. The van der Waals surface area contributed by atoms with Gasteiger partial charge in [-0.2, -0.15) is 0 Å². The van der Waals surface area contributed by atoms with Crippen LogP contribution in [-0.4, -0.2) is 16.1 Å². The van der Waals surface area contributed by atoms with Gasteiger partial charge in [0.25, 0.3) is 0 Å². The lowest BCUT2D eigenvalue weighted by molar-refractivity contribution is 0.0701. The summed E-state index contributed by atoms with van der Waals surface area (Å²) in [7, 11) is 0. The van der Waals surface area contributed by atoms with E-state index in [4.69, 9.17) is 5.11 Å². The zero-order chi connectivity index (χ0) is 12.5. The van der Waals surface area contributed by atoms with Gasteiger partial charge in [0, 0.05) is 6.42 Å². The van der Waals surface area contributed by atoms with Gasteiger partial charge in [0.15, 0.2) is 0 Å². The second-order valence-corrected chi connectivity index (χ2v) is 5.86. The van der Waals surface area contributed by atoms with Gasteiger partial charge in [-0.1, -0.05) is 12.1 Å². The topological polar surface area (TPSA) is 50.2 Å². The average molecular weight is 275 g/mol. The lowest BCUT2D eigenvalue weighted by Crippen LogP contribution is -1.97. The predicted octanol–water partition coefficient (Wildman–Crippen LogP) is 3.65. The summed E-state index contributed by atoms with van der Waals surface area (Å²) in [6.45, 7) is 0. The van der Waals surface area contributed by atoms with E-state index >= 15 is 0 Å². The number of rotatable bonds is 3. The van der Waals surface area contributed by atoms with Gasteiger partial charge in [-0.15, -0.1) is 22.7 Å². The fourth-order valence-electron chi connectivity index (χ4n) is 1.82. The summed E-state index contributed by atoms with van der Waals surface area (Å²) < 4.78 is 1.14. The van der Waals surface area contributed by atoms with E-state index < -0.39 is 5.97 Å². The molecular weight excluding hydrogens is 266 g/mol. The first-order valence-electron chi connectivity index (χ1n) is 5.38. The van der Waals surface area contributed by atoms with Crippen molar-refractivity contribution in [3.8, 4) is 0 Å². The Labute approximate surface area is 111 Å². The van der Waals surface area contributed by atoms with Crippen LogP contribution in [0.4, 0.5) is 0 Å². The monoisotopic (exact) mass is 275 g/mol. The number of aromatic nitrogens is 1. The Bertz CT molecular complexity index is 681. The van der Waals surface area contributed by atoms with Crippen molar-refractivity contribution in [2.75, 3.05) is 0 Å². The van der Waals surface area contributed by atoms with Gasteiger partial charge in [0.05, 0.1) is 15.2 Å². The Morgan fingerprint density at radius 2 is 2.11 bits per heavy atom. The molecule has 2 heterocycles. The fraction of sp³-hybridized carbons (Fsp3) is 0.0769. The van der Waals surface area contributed by atoms with Crippen LogP contribution in [0.2, 0.25) is 0 Å². The molecule has 2 aromatic heterocycles. The molecule has 0 aliphatic carbocycles. The molecule has 0 saturated carbocycles. The molecule has 0 fully saturated rings. The van der Waals surface area contributed by atoms with E-state index in [9.17, 15) is 4.79 Å². The highest BCUT2D eigenvalue weighted by Gasteiger charge is 2.13. The number of hydrogen-bond donors (Lipinski definition) is 1. The maximum Gasteiger partial charge on any atom is 0.346 e. The third-order valence-corrected chi connectivity index (χ3v) is 4.60. The van der Waals surface area contributed by atoms with Gasteiger partial charge in [0.1, 0.15) is 4.88 Å². The molecule has 1 N–H and O–H groups in total. The van der Waals surface area contributed by atoms with E-state index in [2.05, 4.69) is 4.98 Å². The SMILES string of the molecule is O=C(O)c1sccc1Cc1nc2ccccc2s1. The number of hydrogen-bond acceptors (Lipinski definition) is 4. The molecule has 0 unspecified atom stereocenters.